The summed E-state index contributed by atoms with van der Waals surface area (Å²) in [4.78, 5) is 14.8. The Morgan fingerprint density at radius 2 is 2.16 bits per heavy atom. The van der Waals surface area contributed by atoms with Crippen LogP contribution in [0.5, 0.6) is 0 Å². The Morgan fingerprint density at radius 1 is 1.42 bits per heavy atom. The van der Waals surface area contributed by atoms with Gasteiger partial charge in [-0.15, -0.1) is 11.8 Å². The molecule has 3 N–H and O–H groups in total. The minimum absolute atomic E-state index is 0.217. The van der Waals surface area contributed by atoms with E-state index in [0.717, 1.165) is 36.8 Å². The molecule has 1 aromatic rings. The van der Waals surface area contributed by atoms with Crippen molar-refractivity contribution in [3.63, 3.8) is 0 Å². The van der Waals surface area contributed by atoms with E-state index < -0.39 is 0 Å². The average Bonchev–Trinajstić information content (AvgIpc) is 2.43. The second-order valence-electron chi connectivity index (χ2n) is 4.41. The summed E-state index contributed by atoms with van der Waals surface area (Å²) in [5.41, 5.74) is 6.58. The van der Waals surface area contributed by atoms with E-state index in [1.807, 2.05) is 11.0 Å². The number of amides is 1. The third kappa shape index (κ3) is 4.30. The first-order valence-electron chi connectivity index (χ1n) is 6.33. The van der Waals surface area contributed by atoms with Gasteiger partial charge in [-0.2, -0.15) is 0 Å². The van der Waals surface area contributed by atoms with Gasteiger partial charge in [0.05, 0.1) is 0 Å². The van der Waals surface area contributed by atoms with Crippen LogP contribution < -0.4 is 11.1 Å². The predicted molar refractivity (Wildman–Crippen MR) is 80.7 cm³/mol. The number of hydrogen-bond acceptors (Lipinski definition) is 4. The number of nitrogens with zero attached hydrogens (tertiary/aromatic N) is 1. The van der Waals surface area contributed by atoms with E-state index in [2.05, 4.69) is 5.32 Å². The van der Waals surface area contributed by atoms with Gasteiger partial charge < -0.3 is 16.0 Å². The van der Waals surface area contributed by atoms with Crippen LogP contribution in [0, 0.1) is 0 Å². The van der Waals surface area contributed by atoms with Crippen LogP contribution in [0.3, 0.4) is 0 Å². The normalized spacial score (nSPS) is 15.5. The van der Waals surface area contributed by atoms with Gasteiger partial charge in [0, 0.05) is 54.0 Å². The van der Waals surface area contributed by atoms with Crippen LogP contribution in [0.4, 0.5) is 5.69 Å². The van der Waals surface area contributed by atoms with Gasteiger partial charge in [-0.25, -0.2) is 0 Å². The van der Waals surface area contributed by atoms with E-state index in [1.54, 1.807) is 23.9 Å². The molecule has 1 amide bonds. The molecule has 19 heavy (non-hydrogen) atoms. The molecule has 1 heterocycles. The van der Waals surface area contributed by atoms with Crippen molar-refractivity contribution in [3.8, 4) is 0 Å². The van der Waals surface area contributed by atoms with Crippen molar-refractivity contribution in [3.05, 3.63) is 23.2 Å². The molecule has 0 spiro atoms. The fraction of sp³-hybridized carbons (Fsp3) is 0.462. The first kappa shape index (κ1) is 14.5. The van der Waals surface area contributed by atoms with Crippen molar-refractivity contribution in [2.45, 2.75) is 11.3 Å². The molecular weight excluding hydrogens is 282 g/mol. The van der Waals surface area contributed by atoms with E-state index in [1.165, 1.54) is 0 Å². The van der Waals surface area contributed by atoms with Crippen LogP contribution >= 0.6 is 23.4 Å². The zero-order chi connectivity index (χ0) is 13.7. The lowest BCUT2D eigenvalue weighted by Crippen LogP contribution is -2.46. The molecule has 0 atom stereocenters. The lowest BCUT2D eigenvalue weighted by Gasteiger charge is -2.27. The Hall–Kier alpha value is -0.910. The molecule has 4 nitrogen and oxygen atoms in total. The van der Waals surface area contributed by atoms with Crippen molar-refractivity contribution in [1.82, 2.24) is 10.2 Å². The minimum atomic E-state index is 0.217. The van der Waals surface area contributed by atoms with Crippen LogP contribution in [-0.4, -0.2) is 42.7 Å². The van der Waals surface area contributed by atoms with Crippen LogP contribution in [0.2, 0.25) is 5.02 Å². The fourth-order valence-electron chi connectivity index (χ4n) is 1.95. The summed E-state index contributed by atoms with van der Waals surface area (Å²) in [7, 11) is 0. The Kier molecular flexibility index (Phi) is 5.36. The Labute approximate surface area is 122 Å². The van der Waals surface area contributed by atoms with Crippen LogP contribution in [0.15, 0.2) is 23.1 Å². The molecule has 0 bridgehead atoms. The Balaban J connectivity index is 1.79. The lowest BCUT2D eigenvalue weighted by atomic mass is 10.3. The number of benzene rings is 1. The largest absolute Gasteiger partial charge is 0.398 e. The number of nitrogens with one attached hydrogen (secondary N) is 1. The zero-order valence-corrected chi connectivity index (χ0v) is 12.3. The fourth-order valence-corrected chi connectivity index (χ4v) is 3.13. The van der Waals surface area contributed by atoms with Gasteiger partial charge in [-0.1, -0.05) is 11.6 Å². The van der Waals surface area contributed by atoms with Crippen LogP contribution in [0.1, 0.15) is 6.42 Å². The van der Waals surface area contributed by atoms with Crippen molar-refractivity contribution >= 4 is 35.0 Å². The quantitative estimate of drug-likeness (QED) is 0.658. The van der Waals surface area contributed by atoms with Gasteiger partial charge >= 0.3 is 0 Å². The maximum atomic E-state index is 12.0. The van der Waals surface area contributed by atoms with Crippen molar-refractivity contribution in [1.29, 1.82) is 0 Å². The van der Waals surface area contributed by atoms with Gasteiger partial charge in [-0.3, -0.25) is 4.79 Å². The summed E-state index contributed by atoms with van der Waals surface area (Å²) in [6.07, 6.45) is 0.538. The highest BCUT2D eigenvalue weighted by molar-refractivity contribution is 7.99. The number of hydrogen-bond donors (Lipinski definition) is 2. The number of carbonyl (C=O) groups is 1. The van der Waals surface area contributed by atoms with Crippen LogP contribution in [-0.2, 0) is 4.79 Å². The molecule has 1 aliphatic heterocycles. The van der Waals surface area contributed by atoms with Crippen LogP contribution in [0.25, 0.3) is 0 Å². The number of nitrogens with two attached hydrogens (primary N) is 1. The Bertz CT molecular complexity index is 450. The molecule has 1 aromatic carbocycles. The van der Waals surface area contributed by atoms with Gasteiger partial charge in [-0.05, 0) is 18.2 Å². The number of rotatable bonds is 4. The number of thioether (sulfide) groups is 1. The maximum Gasteiger partial charge on any atom is 0.223 e. The van der Waals surface area contributed by atoms with Crippen molar-refractivity contribution < 1.29 is 4.79 Å². The average molecular weight is 300 g/mol. The molecule has 0 aliphatic carbocycles. The third-order valence-corrected chi connectivity index (χ3v) is 4.33. The monoisotopic (exact) mass is 299 g/mol. The molecule has 104 valence electrons. The molecule has 1 fully saturated rings. The topological polar surface area (TPSA) is 58.4 Å². The molecule has 0 radical (unpaired) electrons. The number of piperazine rings is 1. The summed E-state index contributed by atoms with van der Waals surface area (Å²) in [6, 6.07) is 5.41. The standard InChI is InChI=1S/C13H18ClN3OS/c14-10-1-2-11(15)12(9-10)19-8-3-13(18)17-6-4-16-5-7-17/h1-2,9,16H,3-8,15H2. The first-order chi connectivity index (χ1) is 9.16. The number of carbonyl (C=O) groups excluding carboxylic acids is 1. The van der Waals surface area contributed by atoms with Gasteiger partial charge in [0.1, 0.15) is 0 Å². The van der Waals surface area contributed by atoms with Crippen molar-refractivity contribution in [2.24, 2.45) is 0 Å². The first-order valence-corrected chi connectivity index (χ1v) is 7.69. The van der Waals surface area contributed by atoms with Crippen molar-refractivity contribution in [2.75, 3.05) is 37.7 Å². The molecule has 1 aliphatic rings. The highest BCUT2D eigenvalue weighted by Crippen LogP contribution is 2.28. The van der Waals surface area contributed by atoms with E-state index in [4.69, 9.17) is 17.3 Å². The summed E-state index contributed by atoms with van der Waals surface area (Å²) in [5, 5.41) is 3.91. The highest BCUT2D eigenvalue weighted by Gasteiger charge is 2.15. The predicted octanol–water partition coefficient (Wildman–Crippen LogP) is 1.84. The molecule has 6 heteroatoms. The van der Waals surface area contributed by atoms with Gasteiger partial charge in [0.15, 0.2) is 0 Å². The molecular formula is C13H18ClN3OS. The molecule has 2 rings (SSSR count). The summed E-state index contributed by atoms with van der Waals surface area (Å²) in [6.45, 7) is 3.39. The van der Waals surface area contributed by atoms with E-state index in [-0.39, 0.29) is 5.91 Å². The second-order valence-corrected chi connectivity index (χ2v) is 5.98. The Morgan fingerprint density at radius 3 is 2.89 bits per heavy atom. The molecule has 1 saturated heterocycles. The number of anilines is 1. The number of halogens is 1. The van der Waals surface area contributed by atoms with Gasteiger partial charge in [0.25, 0.3) is 0 Å². The SMILES string of the molecule is Nc1ccc(Cl)cc1SCCC(=O)N1CCNCC1. The lowest BCUT2D eigenvalue weighted by molar-refractivity contribution is -0.131. The summed E-state index contributed by atoms with van der Waals surface area (Å²) >= 11 is 7.51. The molecule has 0 unspecified atom stereocenters. The zero-order valence-electron chi connectivity index (χ0n) is 10.7. The summed E-state index contributed by atoms with van der Waals surface area (Å²) in [5.74, 6) is 0.947. The smallest absolute Gasteiger partial charge is 0.223 e. The summed E-state index contributed by atoms with van der Waals surface area (Å²) < 4.78 is 0. The van der Waals surface area contributed by atoms with Gasteiger partial charge in [0.2, 0.25) is 5.91 Å². The van der Waals surface area contributed by atoms with E-state index in [9.17, 15) is 4.79 Å². The number of nitrogen functional groups attached to an aromatic ring is 1. The third-order valence-electron chi connectivity index (χ3n) is 3.02. The minimum Gasteiger partial charge on any atom is -0.398 e. The molecule has 0 saturated carbocycles. The molecule has 0 aromatic heterocycles. The highest BCUT2D eigenvalue weighted by atomic mass is 35.5. The second kappa shape index (κ2) is 7.03. The van der Waals surface area contributed by atoms with E-state index >= 15 is 0 Å². The maximum absolute atomic E-state index is 12.0. The van der Waals surface area contributed by atoms with E-state index in [0.29, 0.717) is 17.1 Å².